The molecule has 1 aromatic heterocycles. The number of thioether (sulfide) groups is 1. The highest BCUT2D eigenvalue weighted by Gasteiger charge is 2.22. The molecule has 2 aromatic carbocycles. The molecule has 0 saturated heterocycles. The molecule has 3 rings (SSSR count). The van der Waals surface area contributed by atoms with Gasteiger partial charge in [0.25, 0.3) is 0 Å². The number of amides is 1. The molecule has 1 amide bonds. The highest BCUT2D eigenvalue weighted by Crippen LogP contribution is 2.25. The molecule has 1 atom stereocenters. The van der Waals surface area contributed by atoms with Crippen molar-refractivity contribution in [3.8, 4) is 5.69 Å². The molecular formula is C21H24FN5OS. The number of carbonyl (C=O) groups is 1. The van der Waals surface area contributed by atoms with Crippen LogP contribution in [0.2, 0.25) is 0 Å². The zero-order chi connectivity index (χ0) is 21.0. The summed E-state index contributed by atoms with van der Waals surface area (Å²) in [4.78, 5) is 14.3. The zero-order valence-electron chi connectivity index (χ0n) is 16.9. The second kappa shape index (κ2) is 9.17. The molecule has 0 radical (unpaired) electrons. The average Bonchev–Trinajstić information content (AvgIpc) is 3.15. The number of carbonyl (C=O) groups excluding carboxylic acids is 1. The van der Waals surface area contributed by atoms with Crippen LogP contribution < -0.4 is 0 Å². The molecule has 0 aliphatic heterocycles. The van der Waals surface area contributed by atoms with E-state index in [1.165, 1.54) is 29.5 Å². The van der Waals surface area contributed by atoms with Crippen molar-refractivity contribution in [1.82, 2.24) is 25.1 Å². The van der Waals surface area contributed by atoms with E-state index in [1.807, 2.05) is 19.1 Å². The predicted molar refractivity (Wildman–Crippen MR) is 111 cm³/mol. The number of aromatic nitrogens is 4. The van der Waals surface area contributed by atoms with Crippen LogP contribution in [0, 0.1) is 5.82 Å². The first kappa shape index (κ1) is 21.0. The first-order valence-corrected chi connectivity index (χ1v) is 10.3. The Bertz CT molecular complexity index is 973. The van der Waals surface area contributed by atoms with Gasteiger partial charge in [-0.05, 0) is 58.7 Å². The van der Waals surface area contributed by atoms with Gasteiger partial charge in [0.15, 0.2) is 0 Å². The fourth-order valence-corrected chi connectivity index (χ4v) is 3.84. The van der Waals surface area contributed by atoms with Crippen molar-refractivity contribution in [2.45, 2.75) is 43.6 Å². The number of hydrogen-bond donors (Lipinski definition) is 0. The Balaban J connectivity index is 1.68. The van der Waals surface area contributed by atoms with Crippen LogP contribution in [0.5, 0.6) is 0 Å². The van der Waals surface area contributed by atoms with E-state index in [0.717, 1.165) is 11.3 Å². The number of benzene rings is 2. The molecular weight excluding hydrogens is 389 g/mol. The molecule has 1 heterocycles. The molecule has 29 heavy (non-hydrogen) atoms. The van der Waals surface area contributed by atoms with Crippen LogP contribution in [-0.2, 0) is 11.3 Å². The van der Waals surface area contributed by atoms with Crippen molar-refractivity contribution in [2.24, 2.45) is 0 Å². The summed E-state index contributed by atoms with van der Waals surface area (Å²) in [6, 6.07) is 14.3. The number of tetrazole rings is 1. The second-order valence-corrected chi connectivity index (χ2v) is 8.51. The summed E-state index contributed by atoms with van der Waals surface area (Å²) in [7, 11) is 1.71. The molecule has 0 aliphatic carbocycles. The Morgan fingerprint density at radius 3 is 2.55 bits per heavy atom. The zero-order valence-corrected chi connectivity index (χ0v) is 17.7. The van der Waals surface area contributed by atoms with E-state index in [4.69, 9.17) is 0 Å². The molecule has 1 unspecified atom stereocenters. The minimum atomic E-state index is -0.395. The van der Waals surface area contributed by atoms with Gasteiger partial charge in [0.1, 0.15) is 5.82 Å². The third kappa shape index (κ3) is 5.20. The van der Waals surface area contributed by atoms with E-state index < -0.39 is 5.25 Å². The van der Waals surface area contributed by atoms with Gasteiger partial charge in [0.2, 0.25) is 11.1 Å². The summed E-state index contributed by atoms with van der Waals surface area (Å²) in [5, 5.41) is 12.1. The Kier molecular flexibility index (Phi) is 6.64. The standard InChI is InChI=1S/C21H24FN5OS/c1-14(2)17-8-10-19(11-9-17)27-21(23-24-25-27)29-15(3)20(28)26(4)13-16-6-5-7-18(22)12-16/h5-12,14-15H,13H2,1-4H3. The number of halogens is 1. The molecule has 8 heteroatoms. The minimum Gasteiger partial charge on any atom is -0.340 e. The predicted octanol–water partition coefficient (Wildman–Crippen LogP) is 4.06. The van der Waals surface area contributed by atoms with Crippen molar-refractivity contribution < 1.29 is 9.18 Å². The molecule has 0 saturated carbocycles. The average molecular weight is 414 g/mol. The second-order valence-electron chi connectivity index (χ2n) is 7.20. The third-order valence-corrected chi connectivity index (χ3v) is 5.58. The first-order chi connectivity index (χ1) is 13.8. The van der Waals surface area contributed by atoms with Gasteiger partial charge >= 0.3 is 0 Å². The minimum absolute atomic E-state index is 0.0797. The lowest BCUT2D eigenvalue weighted by molar-refractivity contribution is -0.129. The Morgan fingerprint density at radius 2 is 1.90 bits per heavy atom. The van der Waals surface area contributed by atoms with Crippen LogP contribution in [0.25, 0.3) is 5.69 Å². The molecule has 3 aromatic rings. The van der Waals surface area contributed by atoms with Crippen LogP contribution in [0.4, 0.5) is 4.39 Å². The van der Waals surface area contributed by atoms with Crippen LogP contribution in [-0.4, -0.2) is 43.3 Å². The molecule has 0 fully saturated rings. The topological polar surface area (TPSA) is 63.9 Å². The maximum absolute atomic E-state index is 13.4. The van der Waals surface area contributed by atoms with Gasteiger partial charge < -0.3 is 4.90 Å². The Labute approximate surface area is 174 Å². The van der Waals surface area contributed by atoms with Gasteiger partial charge in [0.05, 0.1) is 10.9 Å². The lowest BCUT2D eigenvalue weighted by atomic mass is 10.0. The summed E-state index contributed by atoms with van der Waals surface area (Å²) in [6.07, 6.45) is 0. The van der Waals surface area contributed by atoms with Gasteiger partial charge in [-0.2, -0.15) is 4.68 Å². The van der Waals surface area contributed by atoms with Crippen LogP contribution in [0.1, 0.15) is 37.8 Å². The molecule has 0 aliphatic rings. The quantitative estimate of drug-likeness (QED) is 0.547. The Hall–Kier alpha value is -2.74. The maximum Gasteiger partial charge on any atom is 0.235 e. The summed E-state index contributed by atoms with van der Waals surface area (Å²) >= 11 is 1.29. The monoisotopic (exact) mass is 413 g/mol. The van der Waals surface area contributed by atoms with Gasteiger partial charge in [-0.25, -0.2) is 4.39 Å². The molecule has 6 nitrogen and oxygen atoms in total. The van der Waals surface area contributed by atoms with Gasteiger partial charge in [-0.15, -0.1) is 5.10 Å². The molecule has 0 bridgehead atoms. The van der Waals surface area contributed by atoms with E-state index in [2.05, 4.69) is 41.5 Å². The summed E-state index contributed by atoms with van der Waals surface area (Å²) < 4.78 is 15.0. The van der Waals surface area contributed by atoms with E-state index in [9.17, 15) is 9.18 Å². The van der Waals surface area contributed by atoms with Crippen molar-refractivity contribution in [3.63, 3.8) is 0 Å². The highest BCUT2D eigenvalue weighted by atomic mass is 32.2. The van der Waals surface area contributed by atoms with Crippen LogP contribution in [0.15, 0.2) is 53.7 Å². The first-order valence-electron chi connectivity index (χ1n) is 9.40. The highest BCUT2D eigenvalue weighted by molar-refractivity contribution is 8.00. The van der Waals surface area contributed by atoms with Crippen molar-refractivity contribution >= 4 is 17.7 Å². The smallest absolute Gasteiger partial charge is 0.235 e. The number of rotatable bonds is 7. The summed E-state index contributed by atoms with van der Waals surface area (Å²) in [5.41, 5.74) is 2.82. The lowest BCUT2D eigenvalue weighted by Crippen LogP contribution is -2.33. The van der Waals surface area contributed by atoms with Crippen LogP contribution in [0.3, 0.4) is 0 Å². The fraction of sp³-hybridized carbons (Fsp3) is 0.333. The lowest BCUT2D eigenvalue weighted by Gasteiger charge is -2.21. The van der Waals surface area contributed by atoms with Crippen molar-refractivity contribution in [3.05, 3.63) is 65.5 Å². The SMILES string of the molecule is CC(Sc1nnnn1-c1ccc(C(C)C)cc1)C(=O)N(C)Cc1cccc(F)c1. The van der Waals surface area contributed by atoms with Crippen molar-refractivity contribution in [2.75, 3.05) is 7.05 Å². The van der Waals surface area contributed by atoms with E-state index in [-0.39, 0.29) is 11.7 Å². The summed E-state index contributed by atoms with van der Waals surface area (Å²) in [5.74, 6) is 0.0513. The third-order valence-electron chi connectivity index (χ3n) is 4.56. The van der Waals surface area contributed by atoms with Crippen LogP contribution >= 0.6 is 11.8 Å². The van der Waals surface area contributed by atoms with Crippen molar-refractivity contribution in [1.29, 1.82) is 0 Å². The largest absolute Gasteiger partial charge is 0.340 e. The van der Waals surface area contributed by atoms with Gasteiger partial charge in [-0.1, -0.05) is 49.9 Å². The molecule has 0 N–H and O–H groups in total. The van der Waals surface area contributed by atoms with E-state index in [1.54, 1.807) is 28.8 Å². The Morgan fingerprint density at radius 1 is 1.17 bits per heavy atom. The van der Waals surface area contributed by atoms with E-state index >= 15 is 0 Å². The number of hydrogen-bond acceptors (Lipinski definition) is 5. The number of nitrogens with zero attached hydrogens (tertiary/aromatic N) is 5. The normalized spacial score (nSPS) is 12.2. The maximum atomic E-state index is 13.4. The fourth-order valence-electron chi connectivity index (χ4n) is 2.92. The molecule has 152 valence electrons. The van der Waals surface area contributed by atoms with E-state index in [0.29, 0.717) is 17.6 Å². The molecule has 0 spiro atoms. The summed E-state index contributed by atoms with van der Waals surface area (Å²) in [6.45, 7) is 6.43. The van der Waals surface area contributed by atoms with Gasteiger partial charge in [-0.3, -0.25) is 4.79 Å². The van der Waals surface area contributed by atoms with Gasteiger partial charge in [0, 0.05) is 13.6 Å².